The summed E-state index contributed by atoms with van der Waals surface area (Å²) in [6.07, 6.45) is 4.71. The average molecular weight is 508 g/mol. The number of hydrogen-bond donors (Lipinski definition) is 0. The minimum absolute atomic E-state index is 0.0207. The fraction of sp³-hybridized carbons (Fsp3) is 0.440. The summed E-state index contributed by atoms with van der Waals surface area (Å²) < 4.78 is 54.9. The van der Waals surface area contributed by atoms with Crippen LogP contribution >= 0.6 is 0 Å². The first-order valence-electron chi connectivity index (χ1n) is 11.5. The molecule has 8 nitrogen and oxygen atoms in total. The number of anilines is 1. The number of benzene rings is 2. The molecule has 2 rings (SSSR count). The van der Waals surface area contributed by atoms with Gasteiger partial charge in [0.2, 0.25) is 0 Å². The zero-order valence-corrected chi connectivity index (χ0v) is 21.8. The quantitative estimate of drug-likeness (QED) is 0.212. The fourth-order valence-corrected chi connectivity index (χ4v) is 4.32. The van der Waals surface area contributed by atoms with Crippen LogP contribution in [0.15, 0.2) is 45.7 Å². The Morgan fingerprint density at radius 3 is 2.17 bits per heavy atom. The number of carbonyl (C=O) groups is 1. The van der Waals surface area contributed by atoms with Crippen LogP contribution in [0, 0.1) is 5.82 Å². The largest absolute Gasteiger partial charge is 0.465 e. The molecular weight excluding hydrogens is 473 g/mol. The van der Waals surface area contributed by atoms with Gasteiger partial charge in [-0.15, -0.1) is 4.40 Å². The molecule has 0 amide bonds. The van der Waals surface area contributed by atoms with Gasteiger partial charge in [0.05, 0.1) is 18.4 Å². The summed E-state index contributed by atoms with van der Waals surface area (Å²) in [4.78, 5) is 15.7. The number of sulfonamides is 1. The Bertz CT molecular complexity index is 1110. The minimum Gasteiger partial charge on any atom is -0.465 e. The first-order valence-corrected chi connectivity index (χ1v) is 13.0. The van der Waals surface area contributed by atoms with Gasteiger partial charge in [0.1, 0.15) is 22.8 Å². The van der Waals surface area contributed by atoms with Crippen molar-refractivity contribution in [1.82, 2.24) is 4.90 Å². The molecule has 0 spiro atoms. The van der Waals surface area contributed by atoms with Gasteiger partial charge in [-0.05, 0) is 49.2 Å². The van der Waals surface area contributed by atoms with Crippen molar-refractivity contribution in [3.63, 3.8) is 0 Å². The Labute approximate surface area is 207 Å². The summed E-state index contributed by atoms with van der Waals surface area (Å²) in [6.45, 7) is 5.37. The highest BCUT2D eigenvalue weighted by Gasteiger charge is 2.28. The highest BCUT2D eigenvalue weighted by atomic mass is 32.2. The number of methoxy groups -OCH3 is 1. The Morgan fingerprint density at radius 1 is 1.06 bits per heavy atom. The molecule has 2 aromatic carbocycles. The SMILES string of the molecule is CCCCN(CCCC)c1cc(C(=O)OC)cc(S(=O)(=O)/N=C/N(C)C)c1Oc1ccc(F)cc1. The molecule has 0 atom stereocenters. The van der Waals surface area contributed by atoms with Crippen molar-refractivity contribution in [3.05, 3.63) is 47.8 Å². The molecule has 192 valence electrons. The maximum Gasteiger partial charge on any atom is 0.337 e. The lowest BCUT2D eigenvalue weighted by atomic mass is 10.1. The van der Waals surface area contributed by atoms with Crippen LogP contribution in [-0.4, -0.2) is 59.9 Å². The zero-order valence-electron chi connectivity index (χ0n) is 21.0. The van der Waals surface area contributed by atoms with Gasteiger partial charge in [-0.3, -0.25) is 0 Å². The maximum atomic E-state index is 13.5. The molecule has 0 aliphatic heterocycles. The summed E-state index contributed by atoms with van der Waals surface area (Å²) in [7, 11) is 0.233. The van der Waals surface area contributed by atoms with E-state index in [1.165, 1.54) is 42.3 Å². The molecule has 0 saturated heterocycles. The van der Waals surface area contributed by atoms with Gasteiger partial charge < -0.3 is 19.3 Å². The fourth-order valence-electron chi connectivity index (χ4n) is 3.24. The van der Waals surface area contributed by atoms with Crippen molar-refractivity contribution in [3.8, 4) is 11.5 Å². The second kappa shape index (κ2) is 13.1. The Balaban J connectivity index is 2.84. The van der Waals surface area contributed by atoms with Crippen LogP contribution < -0.4 is 9.64 Å². The van der Waals surface area contributed by atoms with Crippen molar-refractivity contribution >= 4 is 28.0 Å². The van der Waals surface area contributed by atoms with E-state index in [4.69, 9.17) is 9.47 Å². The first kappa shape index (κ1) is 28.1. The number of ether oxygens (including phenoxy) is 2. The first-order chi connectivity index (χ1) is 16.6. The molecule has 0 fully saturated rings. The molecule has 0 aromatic heterocycles. The molecule has 0 heterocycles. The monoisotopic (exact) mass is 507 g/mol. The highest BCUT2D eigenvalue weighted by molar-refractivity contribution is 7.90. The molecule has 10 heteroatoms. The lowest BCUT2D eigenvalue weighted by molar-refractivity contribution is 0.0600. The predicted molar refractivity (Wildman–Crippen MR) is 136 cm³/mol. The second-order valence-electron chi connectivity index (χ2n) is 8.22. The molecule has 2 aromatic rings. The normalized spacial score (nSPS) is 11.5. The van der Waals surface area contributed by atoms with Gasteiger partial charge in [0, 0.05) is 27.2 Å². The van der Waals surface area contributed by atoms with E-state index in [2.05, 4.69) is 18.2 Å². The van der Waals surface area contributed by atoms with E-state index >= 15 is 0 Å². The summed E-state index contributed by atoms with van der Waals surface area (Å²) in [5.74, 6) is -0.863. The van der Waals surface area contributed by atoms with E-state index in [1.807, 2.05) is 4.90 Å². The van der Waals surface area contributed by atoms with Gasteiger partial charge >= 0.3 is 5.97 Å². The lowest BCUT2D eigenvalue weighted by Gasteiger charge is -2.28. The summed E-state index contributed by atoms with van der Waals surface area (Å²) >= 11 is 0. The van der Waals surface area contributed by atoms with Crippen molar-refractivity contribution < 1.29 is 27.1 Å². The molecular formula is C25H34FN3O5S. The van der Waals surface area contributed by atoms with Crippen molar-refractivity contribution in [2.75, 3.05) is 39.2 Å². The van der Waals surface area contributed by atoms with E-state index in [0.29, 0.717) is 18.8 Å². The van der Waals surface area contributed by atoms with Crippen LogP contribution in [0.3, 0.4) is 0 Å². The molecule has 0 bridgehead atoms. The highest BCUT2D eigenvalue weighted by Crippen LogP contribution is 2.41. The molecule has 0 saturated carbocycles. The molecule has 0 N–H and O–H groups in total. The summed E-state index contributed by atoms with van der Waals surface area (Å²) in [5.41, 5.74) is 0.489. The second-order valence-corrected chi connectivity index (χ2v) is 9.82. The average Bonchev–Trinajstić information content (AvgIpc) is 2.84. The number of nitrogens with zero attached hydrogens (tertiary/aromatic N) is 3. The molecule has 35 heavy (non-hydrogen) atoms. The third kappa shape index (κ3) is 7.95. The van der Waals surface area contributed by atoms with Gasteiger partial charge in [0.15, 0.2) is 5.75 Å². The van der Waals surface area contributed by atoms with E-state index < -0.39 is 21.8 Å². The van der Waals surface area contributed by atoms with Crippen LogP contribution in [-0.2, 0) is 14.8 Å². The Morgan fingerprint density at radius 2 is 1.66 bits per heavy atom. The van der Waals surface area contributed by atoms with E-state index in [0.717, 1.165) is 32.0 Å². The molecule has 0 unspecified atom stereocenters. The Hall–Kier alpha value is -3.14. The number of hydrogen-bond acceptors (Lipinski definition) is 6. The van der Waals surface area contributed by atoms with Crippen LogP contribution in [0.1, 0.15) is 49.9 Å². The third-order valence-corrected chi connectivity index (χ3v) is 6.32. The van der Waals surface area contributed by atoms with E-state index in [9.17, 15) is 17.6 Å². The number of rotatable bonds is 13. The topological polar surface area (TPSA) is 88.5 Å². The summed E-state index contributed by atoms with van der Waals surface area (Å²) in [6, 6.07) is 8.05. The van der Waals surface area contributed by atoms with Crippen LogP contribution in [0.2, 0.25) is 0 Å². The number of unbranched alkanes of at least 4 members (excludes halogenated alkanes) is 2. The molecule has 0 aliphatic carbocycles. The smallest absolute Gasteiger partial charge is 0.337 e. The molecule has 0 aliphatic rings. The van der Waals surface area contributed by atoms with E-state index in [-0.39, 0.29) is 22.0 Å². The van der Waals surface area contributed by atoms with Crippen LogP contribution in [0.25, 0.3) is 0 Å². The lowest BCUT2D eigenvalue weighted by Crippen LogP contribution is -2.27. The third-order valence-electron chi connectivity index (χ3n) is 5.09. The van der Waals surface area contributed by atoms with Crippen LogP contribution in [0.4, 0.5) is 10.1 Å². The summed E-state index contributed by atoms with van der Waals surface area (Å²) in [5, 5.41) is 0. The number of halogens is 1. The number of esters is 1. The molecule has 0 radical (unpaired) electrons. The van der Waals surface area contributed by atoms with Crippen molar-refractivity contribution in [2.24, 2.45) is 4.40 Å². The van der Waals surface area contributed by atoms with Crippen LogP contribution in [0.5, 0.6) is 11.5 Å². The van der Waals surface area contributed by atoms with Crippen molar-refractivity contribution in [2.45, 2.75) is 44.4 Å². The van der Waals surface area contributed by atoms with Gasteiger partial charge in [-0.2, -0.15) is 8.42 Å². The van der Waals surface area contributed by atoms with Gasteiger partial charge in [0.25, 0.3) is 10.0 Å². The van der Waals surface area contributed by atoms with Gasteiger partial charge in [-0.25, -0.2) is 9.18 Å². The number of carbonyl (C=O) groups excluding carboxylic acids is 1. The van der Waals surface area contributed by atoms with Gasteiger partial charge in [-0.1, -0.05) is 26.7 Å². The minimum atomic E-state index is -4.28. The van der Waals surface area contributed by atoms with E-state index in [1.54, 1.807) is 20.2 Å². The standard InChI is InChI=1S/C25H34FN3O5S/c1-6-8-14-29(15-9-7-2)22-16-19(25(30)33-5)17-23(35(31,32)27-18-28(3)4)24(22)34-21-12-10-20(26)11-13-21/h10-13,16-18H,6-9,14-15H2,1-5H3/b27-18+. The zero-order chi connectivity index (χ0) is 26.0. The predicted octanol–water partition coefficient (Wildman–Crippen LogP) is 5.09. The van der Waals surface area contributed by atoms with Crippen molar-refractivity contribution in [1.29, 1.82) is 0 Å². The maximum absolute atomic E-state index is 13.5. The Kier molecular flexibility index (Phi) is 10.5.